The van der Waals surface area contributed by atoms with E-state index in [2.05, 4.69) is 25.6 Å². The van der Waals surface area contributed by atoms with Crippen LogP contribution in [0.25, 0.3) is 0 Å². The molecule has 0 aliphatic heterocycles. The van der Waals surface area contributed by atoms with E-state index >= 15 is 0 Å². The smallest absolute Gasteiger partial charge is 0.260 e. The lowest BCUT2D eigenvalue weighted by molar-refractivity contribution is 0.556. The predicted octanol–water partition coefficient (Wildman–Crippen LogP) is 2.07. The van der Waals surface area contributed by atoms with Crippen molar-refractivity contribution in [2.24, 2.45) is 7.05 Å². The Labute approximate surface area is 132 Å². The monoisotopic (exact) mass is 369 g/mol. The van der Waals surface area contributed by atoms with Crippen LogP contribution in [0.4, 0.5) is 0 Å². The summed E-state index contributed by atoms with van der Waals surface area (Å²) >= 11 is 3.58. The second-order valence-electron chi connectivity index (χ2n) is 5.26. The van der Waals surface area contributed by atoms with Crippen molar-refractivity contribution in [1.82, 2.24) is 14.3 Å². The summed E-state index contributed by atoms with van der Waals surface area (Å²) in [6, 6.07) is 7.62. The topological polar surface area (TPSA) is 64.0 Å². The van der Waals surface area contributed by atoms with Crippen molar-refractivity contribution in [3.8, 4) is 0 Å². The zero-order valence-corrected chi connectivity index (χ0v) is 14.1. The van der Waals surface area contributed by atoms with Crippen LogP contribution < -0.4 is 4.72 Å². The van der Waals surface area contributed by atoms with Gasteiger partial charge >= 0.3 is 0 Å². The Bertz CT molecular complexity index is 766. The van der Waals surface area contributed by atoms with Crippen molar-refractivity contribution in [2.45, 2.75) is 29.2 Å². The lowest BCUT2D eigenvalue weighted by Gasteiger charge is -2.16. The summed E-state index contributed by atoms with van der Waals surface area (Å²) in [7, 11) is -1.86. The van der Waals surface area contributed by atoms with Crippen LogP contribution in [-0.2, 0) is 23.5 Å². The maximum atomic E-state index is 12.5. The number of benzene rings is 1. The number of hydrogen-bond acceptors (Lipinski definition) is 3. The molecule has 7 heteroatoms. The summed E-state index contributed by atoms with van der Waals surface area (Å²) < 4.78 is 29.5. The third-order valence-electron chi connectivity index (χ3n) is 3.81. The number of nitrogens with zero attached hydrogens (tertiary/aromatic N) is 2. The molecule has 1 N–H and O–H groups in total. The van der Waals surface area contributed by atoms with Crippen LogP contribution in [0.15, 0.2) is 35.5 Å². The van der Waals surface area contributed by atoms with E-state index in [0.717, 1.165) is 12.0 Å². The molecule has 1 aromatic carbocycles. The summed E-state index contributed by atoms with van der Waals surface area (Å²) in [6.45, 7) is 1.77. The third kappa shape index (κ3) is 2.65. The van der Waals surface area contributed by atoms with Crippen LogP contribution in [0.5, 0.6) is 0 Å². The molecule has 2 atom stereocenters. The second-order valence-corrected chi connectivity index (χ2v) is 8.09. The predicted molar refractivity (Wildman–Crippen MR) is 83.9 cm³/mol. The number of aryl methyl sites for hydroxylation is 2. The Morgan fingerprint density at radius 3 is 2.76 bits per heavy atom. The molecule has 112 valence electrons. The van der Waals surface area contributed by atoms with E-state index in [4.69, 9.17) is 0 Å². The average molecular weight is 370 g/mol. The molecule has 1 aliphatic carbocycles. The minimum absolute atomic E-state index is 0.0504. The number of imidazole rings is 1. The van der Waals surface area contributed by atoms with Crippen LogP contribution in [0, 0.1) is 6.92 Å². The van der Waals surface area contributed by atoms with Crippen molar-refractivity contribution in [1.29, 1.82) is 0 Å². The van der Waals surface area contributed by atoms with Gasteiger partial charge in [-0.05, 0) is 24.5 Å². The van der Waals surface area contributed by atoms with Gasteiger partial charge in [-0.2, -0.15) is 0 Å². The summed E-state index contributed by atoms with van der Waals surface area (Å²) in [5, 5.41) is 0.0616. The third-order valence-corrected chi connectivity index (χ3v) is 5.97. The molecule has 1 aromatic heterocycles. The van der Waals surface area contributed by atoms with E-state index in [9.17, 15) is 8.42 Å². The molecule has 1 heterocycles. The van der Waals surface area contributed by atoms with Gasteiger partial charge in [0, 0.05) is 18.1 Å². The van der Waals surface area contributed by atoms with Crippen molar-refractivity contribution >= 4 is 26.0 Å². The number of sulfonamides is 1. The molecular weight excluding hydrogens is 354 g/mol. The van der Waals surface area contributed by atoms with E-state index in [-0.39, 0.29) is 15.9 Å². The maximum Gasteiger partial charge on any atom is 0.260 e. The minimum atomic E-state index is -3.63. The van der Waals surface area contributed by atoms with Crippen LogP contribution in [0.2, 0.25) is 0 Å². The zero-order chi connectivity index (χ0) is 15.2. The Morgan fingerprint density at radius 2 is 2.10 bits per heavy atom. The summed E-state index contributed by atoms with van der Waals surface area (Å²) in [6.07, 6.45) is 2.34. The molecule has 0 fully saturated rings. The fourth-order valence-electron chi connectivity index (χ4n) is 2.57. The lowest BCUT2D eigenvalue weighted by atomic mass is 10.1. The first-order valence-electron chi connectivity index (χ1n) is 6.62. The highest BCUT2D eigenvalue weighted by Crippen LogP contribution is 2.36. The van der Waals surface area contributed by atoms with Gasteiger partial charge in [0.2, 0.25) is 0 Å². The summed E-state index contributed by atoms with van der Waals surface area (Å²) in [5.41, 5.74) is 2.19. The van der Waals surface area contributed by atoms with E-state index in [0.29, 0.717) is 5.82 Å². The number of rotatable bonds is 3. The maximum absolute atomic E-state index is 12.5. The highest BCUT2D eigenvalue weighted by atomic mass is 79.9. The van der Waals surface area contributed by atoms with Gasteiger partial charge in [-0.25, -0.2) is 18.1 Å². The van der Waals surface area contributed by atoms with E-state index in [1.165, 1.54) is 11.8 Å². The molecule has 1 aliphatic rings. The Hall–Kier alpha value is -1.18. The van der Waals surface area contributed by atoms with Gasteiger partial charge in [0.05, 0.1) is 6.04 Å². The van der Waals surface area contributed by atoms with Crippen molar-refractivity contribution in [2.75, 3.05) is 0 Å². The van der Waals surface area contributed by atoms with Crippen LogP contribution in [0.1, 0.15) is 23.0 Å². The van der Waals surface area contributed by atoms with Gasteiger partial charge in [-0.15, -0.1) is 0 Å². The molecule has 5 nitrogen and oxygen atoms in total. The molecule has 3 rings (SSSR count). The lowest BCUT2D eigenvalue weighted by Crippen LogP contribution is -2.32. The number of hydrogen-bond donors (Lipinski definition) is 1. The largest absolute Gasteiger partial charge is 0.337 e. The van der Waals surface area contributed by atoms with Crippen molar-refractivity contribution in [3.05, 3.63) is 47.4 Å². The first kappa shape index (κ1) is 14.7. The fourth-order valence-corrected chi connectivity index (χ4v) is 4.80. The number of nitrogens with one attached hydrogen (secondary N) is 1. The summed E-state index contributed by atoms with van der Waals surface area (Å²) in [4.78, 5) is 4.15. The molecule has 21 heavy (non-hydrogen) atoms. The highest BCUT2D eigenvalue weighted by molar-refractivity contribution is 9.09. The second kappa shape index (κ2) is 5.23. The quantitative estimate of drug-likeness (QED) is 0.842. The summed E-state index contributed by atoms with van der Waals surface area (Å²) in [5.74, 6) is 0.664. The first-order chi connectivity index (χ1) is 9.88. The number of fused-ring (bicyclic) bond motifs is 1. The molecule has 2 aromatic rings. The van der Waals surface area contributed by atoms with Gasteiger partial charge in [-0.3, -0.25) is 0 Å². The van der Waals surface area contributed by atoms with Crippen LogP contribution >= 0.6 is 15.9 Å². The molecule has 0 saturated heterocycles. The molecule has 2 unspecified atom stereocenters. The zero-order valence-electron chi connectivity index (χ0n) is 11.7. The standard InChI is InChI=1S/C14H16BrN3O2S/c1-9-16-13(8-18(9)2)21(19,20)17-14-11-6-4-3-5-10(11)7-12(14)15/h3-6,8,12,14,17H,7H2,1-2H3. The Balaban J connectivity index is 1.93. The normalized spacial score (nSPS) is 21.5. The average Bonchev–Trinajstić information content (AvgIpc) is 2.92. The van der Waals surface area contributed by atoms with E-state index < -0.39 is 10.0 Å². The SMILES string of the molecule is Cc1nc(S(=O)(=O)NC2c3ccccc3CC2Br)cn1C. The van der Waals surface area contributed by atoms with Crippen LogP contribution in [-0.4, -0.2) is 22.8 Å². The number of alkyl halides is 1. The molecule has 0 bridgehead atoms. The van der Waals surface area contributed by atoms with Gasteiger partial charge < -0.3 is 4.57 Å². The van der Waals surface area contributed by atoms with Crippen LogP contribution in [0.3, 0.4) is 0 Å². The highest BCUT2D eigenvalue weighted by Gasteiger charge is 2.34. The minimum Gasteiger partial charge on any atom is -0.337 e. The molecule has 0 spiro atoms. The molecule has 0 saturated carbocycles. The Kier molecular flexibility index (Phi) is 3.67. The van der Waals surface area contributed by atoms with Crippen molar-refractivity contribution < 1.29 is 8.42 Å². The first-order valence-corrected chi connectivity index (χ1v) is 9.02. The van der Waals surface area contributed by atoms with E-state index in [1.807, 2.05) is 24.3 Å². The number of aromatic nitrogens is 2. The van der Waals surface area contributed by atoms with Gasteiger partial charge in [0.25, 0.3) is 10.0 Å². The van der Waals surface area contributed by atoms with Crippen molar-refractivity contribution in [3.63, 3.8) is 0 Å². The fraction of sp³-hybridized carbons (Fsp3) is 0.357. The van der Waals surface area contributed by atoms with Gasteiger partial charge in [-0.1, -0.05) is 40.2 Å². The molecule has 0 amide bonds. The van der Waals surface area contributed by atoms with Gasteiger partial charge in [0.1, 0.15) is 5.82 Å². The molecular formula is C14H16BrN3O2S. The Morgan fingerprint density at radius 1 is 1.38 bits per heavy atom. The van der Waals surface area contributed by atoms with Gasteiger partial charge in [0.15, 0.2) is 5.03 Å². The number of halogens is 1. The van der Waals surface area contributed by atoms with E-state index in [1.54, 1.807) is 18.5 Å². The molecule has 0 radical (unpaired) electrons.